The minimum Gasteiger partial charge on any atom is -0.465 e. The summed E-state index contributed by atoms with van der Waals surface area (Å²) in [7, 11) is 1.32. The highest BCUT2D eigenvalue weighted by Gasteiger charge is 2.18. The van der Waals surface area contributed by atoms with E-state index < -0.39 is 12.1 Å². The van der Waals surface area contributed by atoms with Crippen molar-refractivity contribution < 1.29 is 19.1 Å². The average Bonchev–Trinajstić information content (AvgIpc) is 2.38. The highest BCUT2D eigenvalue weighted by molar-refractivity contribution is 14.1. The van der Waals surface area contributed by atoms with E-state index in [0.717, 1.165) is 0 Å². The summed E-state index contributed by atoms with van der Waals surface area (Å²) in [6.07, 6.45) is -0.517. The number of nitrogens with one attached hydrogen (secondary N) is 1. The van der Waals surface area contributed by atoms with Gasteiger partial charge in [-0.15, -0.1) is 0 Å². The third-order valence-electron chi connectivity index (χ3n) is 2.16. The van der Waals surface area contributed by atoms with Crippen LogP contribution in [0.2, 0.25) is 0 Å². The first-order chi connectivity index (χ1) is 8.60. The number of alkyl halides is 1. The molecule has 1 atom stereocenters. The molecular formula is C12H14INO4. The molecule has 0 heterocycles. The Kier molecular flexibility index (Phi) is 5.90. The van der Waals surface area contributed by atoms with Crippen LogP contribution in [0.4, 0.5) is 4.79 Å². The first-order valence-corrected chi connectivity index (χ1v) is 6.59. The molecule has 0 spiro atoms. The number of hydrogen-bond acceptors (Lipinski definition) is 4. The molecule has 1 rings (SSSR count). The maximum atomic E-state index is 11.6. The van der Waals surface area contributed by atoms with Gasteiger partial charge in [-0.2, -0.15) is 0 Å². The molecule has 1 N–H and O–H groups in total. The lowest BCUT2D eigenvalue weighted by Gasteiger charge is -2.15. The van der Waals surface area contributed by atoms with Crippen LogP contribution in [0.3, 0.4) is 0 Å². The third kappa shape index (κ3) is 3.86. The van der Waals surface area contributed by atoms with Crippen LogP contribution >= 0.6 is 22.6 Å². The van der Waals surface area contributed by atoms with E-state index in [1.54, 1.807) is 31.2 Å². The van der Waals surface area contributed by atoms with Crippen LogP contribution in [-0.4, -0.2) is 25.8 Å². The van der Waals surface area contributed by atoms with Crippen LogP contribution in [-0.2, 0) is 9.47 Å². The van der Waals surface area contributed by atoms with E-state index in [9.17, 15) is 9.59 Å². The van der Waals surface area contributed by atoms with Gasteiger partial charge in [0.05, 0.1) is 19.3 Å². The predicted molar refractivity (Wildman–Crippen MR) is 74.7 cm³/mol. The molecule has 1 unspecified atom stereocenters. The molecule has 0 aliphatic carbocycles. The fourth-order valence-corrected chi connectivity index (χ4v) is 2.17. The third-order valence-corrected chi connectivity index (χ3v) is 3.14. The Bertz CT molecular complexity index is 436. The van der Waals surface area contributed by atoms with Crippen molar-refractivity contribution in [1.29, 1.82) is 0 Å². The molecule has 0 aliphatic heterocycles. The van der Waals surface area contributed by atoms with Gasteiger partial charge in [0.25, 0.3) is 0 Å². The summed E-state index contributed by atoms with van der Waals surface area (Å²) in [4.78, 5) is 22.9. The number of rotatable bonds is 4. The van der Waals surface area contributed by atoms with E-state index >= 15 is 0 Å². The van der Waals surface area contributed by atoms with Crippen molar-refractivity contribution >= 4 is 34.7 Å². The maximum absolute atomic E-state index is 11.6. The summed E-state index contributed by atoms with van der Waals surface area (Å²) >= 11 is 2.02. The number of halogens is 1. The van der Waals surface area contributed by atoms with Gasteiger partial charge in [-0.05, 0) is 18.6 Å². The normalized spacial score (nSPS) is 11.5. The number of alkyl carbamates (subject to hydrolysis) is 1. The summed E-state index contributed by atoms with van der Waals surface area (Å²) in [6, 6.07) is 6.94. The number of ether oxygens (including phenoxy) is 2. The van der Waals surface area contributed by atoms with Crippen molar-refractivity contribution in [2.24, 2.45) is 0 Å². The quantitative estimate of drug-likeness (QED) is 0.387. The molecule has 18 heavy (non-hydrogen) atoms. The summed E-state index contributed by atoms with van der Waals surface area (Å²) < 4.78 is 9.12. The lowest BCUT2D eigenvalue weighted by atomic mass is 10.1. The molecule has 1 amide bonds. The Morgan fingerprint density at radius 3 is 2.67 bits per heavy atom. The van der Waals surface area contributed by atoms with Crippen LogP contribution in [0.25, 0.3) is 0 Å². The molecule has 0 bridgehead atoms. The number of benzene rings is 1. The van der Waals surface area contributed by atoms with Crippen molar-refractivity contribution in [2.45, 2.75) is 11.0 Å². The highest BCUT2D eigenvalue weighted by Crippen LogP contribution is 2.24. The van der Waals surface area contributed by atoms with Crippen LogP contribution in [0, 0.1) is 0 Å². The minimum absolute atomic E-state index is 0.299. The van der Waals surface area contributed by atoms with Crippen LogP contribution in [0.1, 0.15) is 26.9 Å². The largest absolute Gasteiger partial charge is 0.465 e. The molecule has 0 radical (unpaired) electrons. The lowest BCUT2D eigenvalue weighted by molar-refractivity contribution is 0.0599. The van der Waals surface area contributed by atoms with Crippen molar-refractivity contribution in [3.05, 3.63) is 35.4 Å². The number of hydrogen-bond donors (Lipinski definition) is 1. The first-order valence-electron chi connectivity index (χ1n) is 5.34. The molecule has 5 nitrogen and oxygen atoms in total. The molecule has 0 aromatic heterocycles. The monoisotopic (exact) mass is 363 g/mol. The predicted octanol–water partition coefficient (Wildman–Crippen LogP) is 2.65. The Morgan fingerprint density at radius 1 is 1.39 bits per heavy atom. The van der Waals surface area contributed by atoms with Crippen molar-refractivity contribution in [1.82, 2.24) is 5.32 Å². The number of esters is 1. The molecule has 0 saturated carbocycles. The second-order valence-corrected chi connectivity index (χ2v) is 4.55. The first kappa shape index (κ1) is 14.7. The number of carbonyl (C=O) groups excluding carboxylic acids is 2. The van der Waals surface area contributed by atoms with Gasteiger partial charge in [0.1, 0.15) is 4.05 Å². The minimum atomic E-state index is -0.517. The van der Waals surface area contributed by atoms with Crippen molar-refractivity contribution in [3.8, 4) is 0 Å². The molecule has 1 aromatic carbocycles. The van der Waals surface area contributed by atoms with E-state index in [2.05, 4.69) is 5.32 Å². The maximum Gasteiger partial charge on any atom is 0.408 e. The summed E-state index contributed by atoms with van der Waals surface area (Å²) in [5, 5.41) is 2.63. The fourth-order valence-electron chi connectivity index (χ4n) is 1.37. The summed E-state index contributed by atoms with van der Waals surface area (Å²) in [6.45, 7) is 2.03. The topological polar surface area (TPSA) is 64.6 Å². The molecule has 0 fully saturated rings. The second kappa shape index (κ2) is 7.20. The fraction of sp³-hybridized carbons (Fsp3) is 0.333. The SMILES string of the molecule is CCOC(=O)NC(I)c1ccccc1C(=O)OC. The molecule has 6 heteroatoms. The van der Waals surface area contributed by atoms with E-state index in [0.29, 0.717) is 17.7 Å². The van der Waals surface area contributed by atoms with E-state index in [1.807, 2.05) is 22.6 Å². The van der Waals surface area contributed by atoms with Gasteiger partial charge < -0.3 is 14.8 Å². The zero-order valence-corrected chi connectivity index (χ0v) is 12.3. The van der Waals surface area contributed by atoms with E-state index in [1.165, 1.54) is 7.11 Å². The summed E-state index contributed by atoms with van der Waals surface area (Å²) in [5.41, 5.74) is 1.11. The van der Waals surface area contributed by atoms with Gasteiger partial charge >= 0.3 is 12.1 Å². The standard InChI is InChI=1S/C12H14INO4/c1-3-18-12(16)14-10(13)8-6-4-5-7-9(8)11(15)17-2/h4-7,10H,3H2,1-2H3,(H,14,16). The molecule has 1 aromatic rings. The average molecular weight is 363 g/mol. The van der Waals surface area contributed by atoms with Gasteiger partial charge in [-0.1, -0.05) is 40.8 Å². The zero-order valence-electron chi connectivity index (χ0n) is 10.1. The smallest absolute Gasteiger partial charge is 0.408 e. The molecule has 98 valence electrons. The van der Waals surface area contributed by atoms with Crippen LogP contribution in [0.15, 0.2) is 24.3 Å². The number of carbonyl (C=O) groups is 2. The summed E-state index contributed by atoms with van der Waals surface area (Å²) in [5.74, 6) is -0.432. The van der Waals surface area contributed by atoms with Crippen molar-refractivity contribution in [3.63, 3.8) is 0 Å². The molecular weight excluding hydrogens is 349 g/mol. The Morgan fingerprint density at radius 2 is 2.06 bits per heavy atom. The van der Waals surface area contributed by atoms with Gasteiger partial charge in [0, 0.05) is 0 Å². The highest BCUT2D eigenvalue weighted by atomic mass is 127. The molecule has 0 saturated heterocycles. The Hall–Kier alpha value is -1.31. The van der Waals surface area contributed by atoms with Gasteiger partial charge in [0.2, 0.25) is 0 Å². The van der Waals surface area contributed by atoms with Crippen LogP contribution < -0.4 is 5.32 Å². The zero-order chi connectivity index (χ0) is 13.5. The lowest BCUT2D eigenvalue weighted by Crippen LogP contribution is -2.26. The van der Waals surface area contributed by atoms with Crippen molar-refractivity contribution in [2.75, 3.05) is 13.7 Å². The molecule has 0 aliphatic rings. The number of methoxy groups -OCH3 is 1. The van der Waals surface area contributed by atoms with Gasteiger partial charge in [-0.25, -0.2) is 9.59 Å². The van der Waals surface area contributed by atoms with Gasteiger partial charge in [0.15, 0.2) is 0 Å². The van der Waals surface area contributed by atoms with E-state index in [4.69, 9.17) is 9.47 Å². The van der Waals surface area contributed by atoms with E-state index in [-0.39, 0.29) is 4.05 Å². The van der Waals surface area contributed by atoms with Crippen LogP contribution in [0.5, 0.6) is 0 Å². The Labute approximate surface area is 119 Å². The Balaban J connectivity index is 2.88. The number of amides is 1. The second-order valence-electron chi connectivity index (χ2n) is 3.31. The van der Waals surface area contributed by atoms with Gasteiger partial charge in [-0.3, -0.25) is 0 Å².